The zero-order valence-electron chi connectivity index (χ0n) is 9.11. The van der Waals surface area contributed by atoms with Crippen LogP contribution in [0.4, 0.5) is 10.8 Å². The van der Waals surface area contributed by atoms with Crippen LogP contribution in [0.2, 0.25) is 0 Å². The van der Waals surface area contributed by atoms with E-state index < -0.39 is 0 Å². The van der Waals surface area contributed by atoms with Crippen molar-refractivity contribution in [3.8, 4) is 0 Å². The maximum Gasteiger partial charge on any atom is 0.188 e. The summed E-state index contributed by atoms with van der Waals surface area (Å²) in [5.74, 6) is 0.0548. The molecule has 0 bridgehead atoms. The van der Waals surface area contributed by atoms with Gasteiger partial charge in [-0.1, -0.05) is 27.3 Å². The number of ketones is 1. The van der Waals surface area contributed by atoms with Crippen LogP contribution in [0.25, 0.3) is 0 Å². The highest BCUT2D eigenvalue weighted by atomic mass is 79.9. The fraction of sp³-hybridized carbons (Fsp3) is 0.182. The summed E-state index contributed by atoms with van der Waals surface area (Å²) in [5.41, 5.74) is 1.62. The number of aryl methyl sites for hydroxylation is 1. The lowest BCUT2D eigenvalue weighted by Gasteiger charge is -1.99. The van der Waals surface area contributed by atoms with Crippen molar-refractivity contribution in [2.24, 2.45) is 0 Å². The Morgan fingerprint density at radius 2 is 2.41 bits per heavy atom. The fourth-order valence-corrected chi connectivity index (χ4v) is 2.72. The SMILES string of the molecule is Cc1nc(Nc2cccnc2)sc1C(=O)CBr. The lowest BCUT2D eigenvalue weighted by atomic mass is 10.3. The maximum absolute atomic E-state index is 11.6. The Morgan fingerprint density at radius 3 is 3.06 bits per heavy atom. The number of hydrogen-bond acceptors (Lipinski definition) is 5. The molecule has 0 aliphatic rings. The molecule has 6 heteroatoms. The molecular formula is C11H10BrN3OS. The molecule has 2 aromatic rings. The smallest absolute Gasteiger partial charge is 0.188 e. The minimum Gasteiger partial charge on any atom is -0.330 e. The predicted molar refractivity (Wildman–Crippen MR) is 72.5 cm³/mol. The highest BCUT2D eigenvalue weighted by Gasteiger charge is 2.13. The van der Waals surface area contributed by atoms with E-state index in [1.54, 1.807) is 12.4 Å². The number of alkyl halides is 1. The van der Waals surface area contributed by atoms with Gasteiger partial charge in [0.2, 0.25) is 0 Å². The van der Waals surface area contributed by atoms with Crippen LogP contribution >= 0.6 is 27.3 Å². The standard InChI is InChI=1S/C11H10BrN3OS/c1-7-10(9(16)5-12)17-11(14-7)15-8-3-2-4-13-6-8/h2-4,6H,5H2,1H3,(H,14,15). The third kappa shape index (κ3) is 2.89. The summed E-state index contributed by atoms with van der Waals surface area (Å²) < 4.78 is 0. The molecule has 1 N–H and O–H groups in total. The Labute approximate surface area is 111 Å². The average molecular weight is 312 g/mol. The summed E-state index contributed by atoms with van der Waals surface area (Å²) >= 11 is 4.52. The molecule has 0 atom stereocenters. The van der Waals surface area contributed by atoms with Crippen molar-refractivity contribution in [1.82, 2.24) is 9.97 Å². The highest BCUT2D eigenvalue weighted by molar-refractivity contribution is 9.09. The molecular weight excluding hydrogens is 302 g/mol. The van der Waals surface area contributed by atoms with Crippen LogP contribution in [0.15, 0.2) is 24.5 Å². The van der Waals surface area contributed by atoms with Crippen molar-refractivity contribution in [3.05, 3.63) is 35.1 Å². The molecule has 0 amide bonds. The van der Waals surface area contributed by atoms with Gasteiger partial charge in [-0.15, -0.1) is 0 Å². The lowest BCUT2D eigenvalue weighted by molar-refractivity contribution is 0.102. The monoisotopic (exact) mass is 311 g/mol. The summed E-state index contributed by atoms with van der Waals surface area (Å²) in [7, 11) is 0. The molecule has 0 saturated carbocycles. The van der Waals surface area contributed by atoms with E-state index in [9.17, 15) is 4.79 Å². The van der Waals surface area contributed by atoms with Crippen molar-refractivity contribution < 1.29 is 4.79 Å². The number of carbonyl (C=O) groups excluding carboxylic acids is 1. The number of hydrogen-bond donors (Lipinski definition) is 1. The zero-order valence-corrected chi connectivity index (χ0v) is 11.5. The van der Waals surface area contributed by atoms with Crippen molar-refractivity contribution in [2.75, 3.05) is 10.6 Å². The summed E-state index contributed by atoms with van der Waals surface area (Å²) in [5, 5.41) is 4.15. The molecule has 4 nitrogen and oxygen atoms in total. The van der Waals surface area contributed by atoms with Crippen molar-refractivity contribution in [1.29, 1.82) is 0 Å². The molecule has 88 valence electrons. The first kappa shape index (κ1) is 12.2. The molecule has 0 saturated heterocycles. The number of nitrogens with one attached hydrogen (secondary N) is 1. The van der Waals surface area contributed by atoms with E-state index >= 15 is 0 Å². The Kier molecular flexibility index (Phi) is 3.86. The molecule has 0 aliphatic heterocycles. The third-order valence-electron chi connectivity index (χ3n) is 2.08. The van der Waals surface area contributed by atoms with Crippen LogP contribution in [0.1, 0.15) is 15.4 Å². The van der Waals surface area contributed by atoms with Gasteiger partial charge in [0.25, 0.3) is 0 Å². The molecule has 0 radical (unpaired) electrons. The summed E-state index contributed by atoms with van der Waals surface area (Å²) in [4.78, 5) is 20.6. The Balaban J connectivity index is 2.21. The van der Waals surface area contributed by atoms with Gasteiger partial charge in [-0.3, -0.25) is 9.78 Å². The van der Waals surface area contributed by atoms with Gasteiger partial charge in [0.1, 0.15) is 0 Å². The molecule has 2 heterocycles. The van der Waals surface area contributed by atoms with Gasteiger partial charge in [0.05, 0.1) is 27.8 Å². The Bertz CT molecular complexity index is 527. The van der Waals surface area contributed by atoms with Crippen LogP contribution in [0.3, 0.4) is 0 Å². The Hall–Kier alpha value is -1.27. The Morgan fingerprint density at radius 1 is 1.59 bits per heavy atom. The van der Waals surface area contributed by atoms with Gasteiger partial charge in [0.15, 0.2) is 10.9 Å². The van der Waals surface area contributed by atoms with Gasteiger partial charge in [-0.2, -0.15) is 0 Å². The van der Waals surface area contributed by atoms with Crippen LogP contribution in [0.5, 0.6) is 0 Å². The maximum atomic E-state index is 11.6. The molecule has 0 aliphatic carbocycles. The van der Waals surface area contributed by atoms with Gasteiger partial charge < -0.3 is 5.32 Å². The summed E-state index contributed by atoms with van der Waals surface area (Å²) in [6.45, 7) is 1.83. The number of aromatic nitrogens is 2. The van der Waals surface area contributed by atoms with Gasteiger partial charge in [-0.25, -0.2) is 4.98 Å². The normalized spacial score (nSPS) is 10.2. The van der Waals surface area contributed by atoms with E-state index in [4.69, 9.17) is 0 Å². The number of rotatable bonds is 4. The first-order valence-electron chi connectivity index (χ1n) is 4.94. The van der Waals surface area contributed by atoms with E-state index in [2.05, 4.69) is 31.2 Å². The third-order valence-corrected chi connectivity index (χ3v) is 3.71. The second-order valence-electron chi connectivity index (χ2n) is 3.36. The number of thiazole rings is 1. The number of nitrogens with zero attached hydrogens (tertiary/aromatic N) is 2. The van der Waals surface area contributed by atoms with E-state index in [0.717, 1.165) is 11.4 Å². The summed E-state index contributed by atoms with van der Waals surface area (Å²) in [6.07, 6.45) is 3.42. The topological polar surface area (TPSA) is 54.9 Å². The number of halogens is 1. The number of pyridine rings is 1. The van der Waals surface area contributed by atoms with E-state index in [0.29, 0.717) is 15.3 Å². The summed E-state index contributed by atoms with van der Waals surface area (Å²) in [6, 6.07) is 3.74. The molecule has 0 spiro atoms. The largest absolute Gasteiger partial charge is 0.330 e. The van der Waals surface area contributed by atoms with Crippen molar-refractivity contribution >= 4 is 43.9 Å². The number of Topliss-reactive ketones (excluding diaryl/α,β-unsaturated/α-hetero) is 1. The first-order chi connectivity index (χ1) is 8.20. The van der Waals surface area contributed by atoms with Crippen LogP contribution in [0, 0.1) is 6.92 Å². The number of carbonyl (C=O) groups is 1. The van der Waals surface area contributed by atoms with Crippen molar-refractivity contribution in [3.63, 3.8) is 0 Å². The molecule has 17 heavy (non-hydrogen) atoms. The van der Waals surface area contributed by atoms with Gasteiger partial charge in [0, 0.05) is 6.20 Å². The molecule has 0 fully saturated rings. The number of anilines is 2. The predicted octanol–water partition coefficient (Wildman–Crippen LogP) is 3.17. The van der Waals surface area contributed by atoms with Crippen LogP contribution in [-0.4, -0.2) is 21.1 Å². The molecule has 0 aromatic carbocycles. The van der Waals surface area contributed by atoms with Gasteiger partial charge >= 0.3 is 0 Å². The first-order valence-corrected chi connectivity index (χ1v) is 6.88. The minimum atomic E-state index is 0.0548. The average Bonchev–Trinajstić information content (AvgIpc) is 2.70. The second-order valence-corrected chi connectivity index (χ2v) is 4.92. The van der Waals surface area contributed by atoms with E-state index in [1.165, 1.54) is 11.3 Å². The minimum absolute atomic E-state index is 0.0548. The lowest BCUT2D eigenvalue weighted by Crippen LogP contribution is -1.98. The van der Waals surface area contributed by atoms with E-state index in [-0.39, 0.29) is 5.78 Å². The van der Waals surface area contributed by atoms with Gasteiger partial charge in [-0.05, 0) is 19.1 Å². The van der Waals surface area contributed by atoms with Crippen molar-refractivity contribution in [2.45, 2.75) is 6.92 Å². The molecule has 2 rings (SSSR count). The van der Waals surface area contributed by atoms with Crippen LogP contribution in [-0.2, 0) is 0 Å². The quantitative estimate of drug-likeness (QED) is 0.696. The fourth-order valence-electron chi connectivity index (χ4n) is 1.33. The van der Waals surface area contributed by atoms with Crippen LogP contribution < -0.4 is 5.32 Å². The second kappa shape index (κ2) is 5.37. The molecule has 0 unspecified atom stereocenters. The van der Waals surface area contributed by atoms with E-state index in [1.807, 2.05) is 19.1 Å². The zero-order chi connectivity index (χ0) is 12.3. The highest BCUT2D eigenvalue weighted by Crippen LogP contribution is 2.26. The molecule has 2 aromatic heterocycles.